The van der Waals surface area contributed by atoms with Gasteiger partial charge in [-0.2, -0.15) is 0 Å². The summed E-state index contributed by atoms with van der Waals surface area (Å²) in [7, 11) is -2.61. The lowest BCUT2D eigenvalue weighted by atomic mass is 10.3. The molecule has 0 saturated heterocycles. The molecule has 0 aliphatic heterocycles. The average molecular weight is 148 g/mol. The Morgan fingerprint density at radius 1 is 1.22 bits per heavy atom. The molecule has 0 N–H and O–H groups in total. The van der Waals surface area contributed by atoms with Gasteiger partial charge < -0.3 is 0 Å². The third-order valence-electron chi connectivity index (χ3n) is 1.54. The third kappa shape index (κ3) is 2.29. The van der Waals surface area contributed by atoms with Gasteiger partial charge in [0.05, 0.1) is 6.10 Å². The zero-order valence-electron chi connectivity index (χ0n) is 5.08. The van der Waals surface area contributed by atoms with Crippen LogP contribution in [0.3, 0.4) is 0 Å². The van der Waals surface area contributed by atoms with Gasteiger partial charge in [0.2, 0.25) is 0 Å². The molecule has 1 fully saturated rings. The molecular formula is C5H9O3P. The van der Waals surface area contributed by atoms with E-state index in [0.29, 0.717) is 0 Å². The van der Waals surface area contributed by atoms with Crippen molar-refractivity contribution in [2.45, 2.75) is 31.8 Å². The largest absolute Gasteiger partial charge is 0.468 e. The highest BCUT2D eigenvalue weighted by Crippen LogP contribution is 2.25. The molecular weight excluding hydrogens is 139 g/mol. The Morgan fingerprint density at radius 2 is 1.78 bits per heavy atom. The molecule has 1 aliphatic rings. The van der Waals surface area contributed by atoms with E-state index in [9.17, 15) is 9.13 Å². The topological polar surface area (TPSA) is 43.4 Å². The van der Waals surface area contributed by atoms with Crippen molar-refractivity contribution in [1.29, 1.82) is 0 Å². The van der Waals surface area contributed by atoms with E-state index in [1.165, 1.54) is 0 Å². The van der Waals surface area contributed by atoms with Crippen LogP contribution in [0.2, 0.25) is 0 Å². The molecule has 9 heavy (non-hydrogen) atoms. The Hall–Kier alpha value is -0.140. The molecule has 0 aromatic heterocycles. The van der Waals surface area contributed by atoms with Gasteiger partial charge in [-0.25, -0.2) is 9.13 Å². The molecule has 0 amide bonds. The predicted octanol–water partition coefficient (Wildman–Crippen LogP) is 2.03. The van der Waals surface area contributed by atoms with E-state index in [4.69, 9.17) is 0 Å². The second-order valence-corrected chi connectivity index (χ2v) is 2.89. The van der Waals surface area contributed by atoms with E-state index in [0.717, 1.165) is 25.7 Å². The lowest BCUT2D eigenvalue weighted by Gasteiger charge is -1.99. The fourth-order valence-corrected chi connectivity index (χ4v) is 1.57. The molecule has 1 rings (SSSR count). The number of hydrogen-bond acceptors (Lipinski definition) is 3. The van der Waals surface area contributed by atoms with Gasteiger partial charge in [0.25, 0.3) is 0 Å². The van der Waals surface area contributed by atoms with Crippen LogP contribution in [0.15, 0.2) is 0 Å². The van der Waals surface area contributed by atoms with Gasteiger partial charge in [-0.15, -0.1) is 0 Å². The van der Waals surface area contributed by atoms with Gasteiger partial charge >= 0.3 is 7.91 Å². The first kappa shape index (κ1) is 6.97. The van der Waals surface area contributed by atoms with E-state index < -0.39 is 7.91 Å². The standard InChI is InChI=1S/C5H9O3P/c6-9(7)8-5-3-1-2-4-5/h5H,1-4H2. The zero-order valence-corrected chi connectivity index (χ0v) is 5.97. The molecule has 0 radical (unpaired) electrons. The smallest absolute Gasteiger partial charge is 0.268 e. The molecule has 1 aliphatic carbocycles. The second-order valence-electron chi connectivity index (χ2n) is 2.24. The molecule has 0 spiro atoms. The summed E-state index contributed by atoms with van der Waals surface area (Å²) in [5.74, 6) is 0. The molecule has 0 aromatic rings. The van der Waals surface area contributed by atoms with E-state index in [-0.39, 0.29) is 6.10 Å². The Bertz CT molecular complexity index is 138. The summed E-state index contributed by atoms with van der Waals surface area (Å²) >= 11 is 0. The first-order chi connectivity index (χ1) is 4.29. The van der Waals surface area contributed by atoms with E-state index in [1.54, 1.807) is 0 Å². The lowest BCUT2D eigenvalue weighted by molar-refractivity contribution is 0.210. The molecule has 1 saturated carbocycles. The van der Waals surface area contributed by atoms with Gasteiger partial charge in [-0.05, 0) is 12.8 Å². The van der Waals surface area contributed by atoms with Gasteiger partial charge in [-0.1, -0.05) is 12.8 Å². The van der Waals surface area contributed by atoms with Crippen molar-refractivity contribution in [2.75, 3.05) is 0 Å². The van der Waals surface area contributed by atoms with Crippen molar-refractivity contribution < 1.29 is 13.7 Å². The van der Waals surface area contributed by atoms with Crippen LogP contribution in [0.25, 0.3) is 0 Å². The maximum absolute atomic E-state index is 9.97. The summed E-state index contributed by atoms with van der Waals surface area (Å²) in [6.07, 6.45) is 4.01. The minimum absolute atomic E-state index is 0.00823. The lowest BCUT2D eigenvalue weighted by Crippen LogP contribution is -1.98. The Morgan fingerprint density at radius 3 is 2.22 bits per heavy atom. The number of hydrogen-bond donors (Lipinski definition) is 0. The van der Waals surface area contributed by atoms with Crippen LogP contribution in [-0.2, 0) is 13.7 Å². The molecule has 0 aromatic carbocycles. The third-order valence-corrected chi connectivity index (χ3v) is 2.01. The van der Waals surface area contributed by atoms with Gasteiger partial charge in [0, 0.05) is 0 Å². The molecule has 52 valence electrons. The highest BCUT2D eigenvalue weighted by atomic mass is 31.1. The molecule has 3 nitrogen and oxygen atoms in total. The summed E-state index contributed by atoms with van der Waals surface area (Å²) in [6.45, 7) is 0. The van der Waals surface area contributed by atoms with Crippen LogP contribution in [0, 0.1) is 0 Å². The monoisotopic (exact) mass is 148 g/mol. The molecule has 4 heteroatoms. The zero-order chi connectivity index (χ0) is 6.69. The summed E-state index contributed by atoms with van der Waals surface area (Å²) in [5, 5.41) is 0. The Labute approximate surface area is 54.3 Å². The van der Waals surface area contributed by atoms with Crippen LogP contribution >= 0.6 is 7.91 Å². The van der Waals surface area contributed by atoms with Crippen molar-refractivity contribution >= 4 is 7.91 Å². The minimum Gasteiger partial charge on any atom is -0.268 e. The molecule has 0 unspecified atom stereocenters. The maximum atomic E-state index is 9.97. The fraction of sp³-hybridized carbons (Fsp3) is 1.00. The highest BCUT2D eigenvalue weighted by Gasteiger charge is 2.16. The van der Waals surface area contributed by atoms with Crippen molar-refractivity contribution in [1.82, 2.24) is 0 Å². The summed E-state index contributed by atoms with van der Waals surface area (Å²) in [6, 6.07) is 0. The SMILES string of the molecule is O=P(=O)OC1CCCC1. The molecule has 0 bridgehead atoms. The quantitative estimate of drug-likeness (QED) is 0.562. The molecule has 0 atom stereocenters. The van der Waals surface area contributed by atoms with Crippen molar-refractivity contribution in [3.05, 3.63) is 0 Å². The fourth-order valence-electron chi connectivity index (χ4n) is 1.12. The van der Waals surface area contributed by atoms with E-state index in [1.807, 2.05) is 0 Å². The van der Waals surface area contributed by atoms with Crippen molar-refractivity contribution in [3.8, 4) is 0 Å². The predicted molar refractivity (Wildman–Crippen MR) is 31.6 cm³/mol. The summed E-state index contributed by atoms with van der Waals surface area (Å²) < 4.78 is 24.5. The van der Waals surface area contributed by atoms with E-state index in [2.05, 4.69) is 4.52 Å². The van der Waals surface area contributed by atoms with Gasteiger partial charge in [0.15, 0.2) is 0 Å². The van der Waals surface area contributed by atoms with Crippen LogP contribution < -0.4 is 0 Å². The average Bonchev–Trinajstić information content (AvgIpc) is 2.15. The summed E-state index contributed by atoms with van der Waals surface area (Å²) in [5.41, 5.74) is 0. The van der Waals surface area contributed by atoms with Gasteiger partial charge in [0.1, 0.15) is 0 Å². The van der Waals surface area contributed by atoms with Crippen LogP contribution in [0.5, 0.6) is 0 Å². The summed E-state index contributed by atoms with van der Waals surface area (Å²) in [4.78, 5) is 0. The first-order valence-corrected chi connectivity index (χ1v) is 4.20. The van der Waals surface area contributed by atoms with Crippen molar-refractivity contribution in [2.24, 2.45) is 0 Å². The molecule has 0 heterocycles. The van der Waals surface area contributed by atoms with Crippen LogP contribution in [0.1, 0.15) is 25.7 Å². The highest BCUT2D eigenvalue weighted by molar-refractivity contribution is 7.24. The normalized spacial score (nSPS) is 20.4. The first-order valence-electron chi connectivity index (χ1n) is 3.10. The second kappa shape index (κ2) is 3.14. The van der Waals surface area contributed by atoms with Crippen LogP contribution in [-0.4, -0.2) is 6.10 Å². The van der Waals surface area contributed by atoms with E-state index >= 15 is 0 Å². The Kier molecular flexibility index (Phi) is 2.43. The minimum atomic E-state index is -2.61. The van der Waals surface area contributed by atoms with Crippen molar-refractivity contribution in [3.63, 3.8) is 0 Å². The maximum Gasteiger partial charge on any atom is 0.468 e. The Balaban J connectivity index is 2.27. The van der Waals surface area contributed by atoms with Gasteiger partial charge in [-0.3, -0.25) is 4.52 Å². The number of rotatable bonds is 2. The van der Waals surface area contributed by atoms with Crippen LogP contribution in [0.4, 0.5) is 0 Å².